The molecule has 0 aromatic carbocycles. The zero-order valence-corrected chi connectivity index (χ0v) is 12.5. The zero-order chi connectivity index (χ0) is 14.3. The normalized spacial score (nSPS) is 21.2. The minimum absolute atomic E-state index is 0.134. The molecule has 19 heavy (non-hydrogen) atoms. The third-order valence-electron chi connectivity index (χ3n) is 4.45. The van der Waals surface area contributed by atoms with Gasteiger partial charge in [0.25, 0.3) is 0 Å². The van der Waals surface area contributed by atoms with Gasteiger partial charge in [-0.1, -0.05) is 26.1 Å². The molecule has 1 aliphatic heterocycles. The minimum atomic E-state index is -1.01. The molecule has 4 nitrogen and oxygen atoms in total. The summed E-state index contributed by atoms with van der Waals surface area (Å²) in [6.07, 6.45) is 6.73. The van der Waals surface area contributed by atoms with Crippen molar-refractivity contribution >= 4 is 13.8 Å². The van der Waals surface area contributed by atoms with Crippen molar-refractivity contribution in [3.05, 3.63) is 0 Å². The number of piperidine rings is 1. The Morgan fingerprint density at radius 1 is 1.42 bits per heavy atom. The molecule has 1 fully saturated rings. The maximum atomic E-state index is 11.6. The van der Waals surface area contributed by atoms with Crippen molar-refractivity contribution in [3.63, 3.8) is 0 Å². The first-order chi connectivity index (χ1) is 9.04. The molecular weight excluding hydrogens is 239 g/mol. The van der Waals surface area contributed by atoms with Crippen LogP contribution in [0.1, 0.15) is 45.4 Å². The summed E-state index contributed by atoms with van der Waals surface area (Å²) in [5, 5.41) is 9.51. The number of carboxylic acids is 1. The number of hydrogen-bond acceptors (Lipinski definition) is 3. The van der Waals surface area contributed by atoms with Crippen LogP contribution in [0, 0.1) is 5.92 Å². The predicted molar refractivity (Wildman–Crippen MR) is 81.2 cm³/mol. The summed E-state index contributed by atoms with van der Waals surface area (Å²) in [5.41, 5.74) is 5.25. The Morgan fingerprint density at radius 2 is 2.05 bits per heavy atom. The molecule has 0 aliphatic carbocycles. The van der Waals surface area contributed by atoms with E-state index in [4.69, 9.17) is 5.73 Å². The van der Waals surface area contributed by atoms with Crippen molar-refractivity contribution in [2.24, 2.45) is 11.7 Å². The molecule has 1 aliphatic rings. The zero-order valence-electron chi connectivity index (χ0n) is 12.5. The van der Waals surface area contributed by atoms with Crippen molar-refractivity contribution in [1.29, 1.82) is 0 Å². The lowest BCUT2D eigenvalue weighted by Gasteiger charge is -2.40. The number of unbranched alkanes of at least 4 members (excludes halogenated alkanes) is 1. The van der Waals surface area contributed by atoms with Crippen LogP contribution in [-0.2, 0) is 4.79 Å². The van der Waals surface area contributed by atoms with E-state index < -0.39 is 11.5 Å². The molecule has 1 heterocycles. The van der Waals surface area contributed by atoms with E-state index >= 15 is 0 Å². The Morgan fingerprint density at radius 3 is 2.53 bits per heavy atom. The van der Waals surface area contributed by atoms with Crippen LogP contribution in [0.3, 0.4) is 0 Å². The highest BCUT2D eigenvalue weighted by Gasteiger charge is 2.42. The van der Waals surface area contributed by atoms with E-state index in [1.807, 2.05) is 0 Å². The summed E-state index contributed by atoms with van der Waals surface area (Å²) in [4.78, 5) is 14.0. The second kappa shape index (κ2) is 7.90. The highest BCUT2D eigenvalue weighted by molar-refractivity contribution is 6.08. The number of rotatable bonds is 8. The Kier molecular flexibility index (Phi) is 6.87. The van der Waals surface area contributed by atoms with E-state index in [0.717, 1.165) is 58.1 Å². The molecule has 5 heteroatoms. The van der Waals surface area contributed by atoms with Crippen molar-refractivity contribution in [2.45, 2.75) is 57.3 Å². The monoisotopic (exact) mass is 268 g/mol. The fraction of sp³-hybridized carbons (Fsp3) is 0.929. The smallest absolute Gasteiger partial charge is 0.323 e. The van der Waals surface area contributed by atoms with Crippen LogP contribution in [0.5, 0.6) is 0 Å². The molecule has 110 valence electrons. The summed E-state index contributed by atoms with van der Waals surface area (Å²) >= 11 is 0. The first-order valence-corrected chi connectivity index (χ1v) is 7.79. The van der Waals surface area contributed by atoms with Crippen LogP contribution in [0.4, 0.5) is 0 Å². The number of nitrogens with two attached hydrogens (primary N) is 1. The molecule has 0 spiro atoms. The van der Waals surface area contributed by atoms with Gasteiger partial charge in [-0.3, -0.25) is 4.79 Å². The summed E-state index contributed by atoms with van der Waals surface area (Å²) in [6.45, 7) is 5.30. The van der Waals surface area contributed by atoms with Gasteiger partial charge < -0.3 is 15.7 Å². The lowest BCUT2D eigenvalue weighted by atomic mass is 9.75. The average Bonchev–Trinajstić information content (AvgIpc) is 2.40. The summed E-state index contributed by atoms with van der Waals surface area (Å²) in [6, 6.07) is 0. The van der Waals surface area contributed by atoms with Gasteiger partial charge in [-0.05, 0) is 51.2 Å². The lowest BCUT2D eigenvalue weighted by Crippen LogP contribution is -2.56. The van der Waals surface area contributed by atoms with Crippen molar-refractivity contribution < 1.29 is 9.90 Å². The molecule has 0 saturated carbocycles. The summed E-state index contributed by atoms with van der Waals surface area (Å²) < 4.78 is 0. The minimum Gasteiger partial charge on any atom is -0.480 e. The predicted octanol–water partition coefficient (Wildman–Crippen LogP) is 1.11. The van der Waals surface area contributed by atoms with Gasteiger partial charge in [0.1, 0.15) is 13.4 Å². The van der Waals surface area contributed by atoms with E-state index in [-0.39, 0.29) is 5.92 Å². The van der Waals surface area contributed by atoms with E-state index in [1.165, 1.54) is 0 Å². The van der Waals surface area contributed by atoms with Crippen molar-refractivity contribution in [3.8, 4) is 0 Å². The molecule has 0 bridgehead atoms. The largest absolute Gasteiger partial charge is 0.480 e. The maximum absolute atomic E-state index is 11.6. The number of nitrogens with zero attached hydrogens (tertiary/aromatic N) is 1. The Balaban J connectivity index is 2.55. The fourth-order valence-electron chi connectivity index (χ4n) is 3.14. The molecule has 1 rings (SSSR count). The van der Waals surface area contributed by atoms with Crippen LogP contribution in [0.2, 0.25) is 6.32 Å². The molecule has 3 N–H and O–H groups in total. The molecule has 0 aromatic rings. The van der Waals surface area contributed by atoms with Crippen LogP contribution >= 0.6 is 0 Å². The molecule has 1 unspecified atom stereocenters. The van der Waals surface area contributed by atoms with Gasteiger partial charge in [0.2, 0.25) is 0 Å². The molecule has 0 amide bonds. The van der Waals surface area contributed by atoms with Gasteiger partial charge in [0, 0.05) is 0 Å². The first-order valence-electron chi connectivity index (χ1n) is 7.79. The van der Waals surface area contributed by atoms with Crippen LogP contribution in [0.15, 0.2) is 0 Å². The molecule has 0 radical (unpaired) electrons. The fourth-order valence-corrected chi connectivity index (χ4v) is 3.14. The maximum Gasteiger partial charge on any atom is 0.323 e. The van der Waals surface area contributed by atoms with Crippen LogP contribution in [0.25, 0.3) is 0 Å². The topological polar surface area (TPSA) is 66.6 Å². The second-order valence-corrected chi connectivity index (χ2v) is 5.92. The van der Waals surface area contributed by atoms with E-state index in [9.17, 15) is 9.90 Å². The number of aliphatic carboxylic acids is 1. The lowest BCUT2D eigenvalue weighted by molar-refractivity contribution is -0.147. The van der Waals surface area contributed by atoms with Gasteiger partial charge in [-0.15, -0.1) is 0 Å². The van der Waals surface area contributed by atoms with Crippen LogP contribution in [-0.4, -0.2) is 49.0 Å². The standard InChI is InChI=1S/C14H29BN2O2/c1-2-9-17-10-5-12(6-11-17)14(16,13(18)19)7-3-4-8-15/h12H,2-11,15-16H2,1H3,(H,18,19). The highest BCUT2D eigenvalue weighted by atomic mass is 16.4. The van der Waals surface area contributed by atoms with Gasteiger partial charge in [-0.25, -0.2) is 0 Å². The number of carboxylic acid groups (broad SMARTS) is 1. The SMILES string of the molecule is BCCCCC(N)(C(=O)O)C1CCN(CCC)CC1. The highest BCUT2D eigenvalue weighted by Crippen LogP contribution is 2.31. The second-order valence-electron chi connectivity index (χ2n) is 5.92. The van der Waals surface area contributed by atoms with Gasteiger partial charge >= 0.3 is 5.97 Å². The van der Waals surface area contributed by atoms with E-state index in [2.05, 4.69) is 19.7 Å². The van der Waals surface area contributed by atoms with Crippen molar-refractivity contribution in [1.82, 2.24) is 4.90 Å². The van der Waals surface area contributed by atoms with E-state index in [1.54, 1.807) is 0 Å². The molecule has 1 saturated heterocycles. The Bertz CT molecular complexity index is 281. The Hall–Kier alpha value is -0.545. The summed E-state index contributed by atoms with van der Waals surface area (Å²) in [5.74, 6) is -0.674. The first kappa shape index (κ1) is 16.5. The summed E-state index contributed by atoms with van der Waals surface area (Å²) in [7, 11) is 2.13. The van der Waals surface area contributed by atoms with Crippen molar-refractivity contribution in [2.75, 3.05) is 19.6 Å². The van der Waals surface area contributed by atoms with Gasteiger partial charge in [0.05, 0.1) is 0 Å². The van der Waals surface area contributed by atoms with E-state index in [0.29, 0.717) is 6.42 Å². The van der Waals surface area contributed by atoms with Gasteiger partial charge in [0.15, 0.2) is 0 Å². The average molecular weight is 268 g/mol. The number of hydrogen-bond donors (Lipinski definition) is 2. The molecular formula is C14H29BN2O2. The third kappa shape index (κ3) is 4.50. The quantitative estimate of drug-likeness (QED) is 0.511. The molecule has 0 aromatic heterocycles. The molecule has 1 atom stereocenters. The Labute approximate surface area is 118 Å². The van der Waals surface area contributed by atoms with Gasteiger partial charge in [-0.2, -0.15) is 0 Å². The number of likely N-dealkylation sites (tertiary alicyclic amines) is 1. The van der Waals surface area contributed by atoms with Crippen LogP contribution < -0.4 is 5.73 Å². The number of carbonyl (C=O) groups is 1. The third-order valence-corrected chi connectivity index (χ3v) is 4.45.